The predicted molar refractivity (Wildman–Crippen MR) is 81.8 cm³/mol. The number of rotatable bonds is 5. The van der Waals surface area contributed by atoms with Crippen LogP contribution >= 0.6 is 23.5 Å². The Balaban J connectivity index is 2.46. The lowest BCUT2D eigenvalue weighted by atomic mass is 10.2. The number of nitrogen functional groups attached to an aromatic ring is 1. The predicted octanol–water partition coefficient (Wildman–Crippen LogP) is 1.66. The molecule has 2 rings (SSSR count). The first kappa shape index (κ1) is 14.7. The number of hydrogen-bond acceptors (Lipinski definition) is 5. The van der Waals surface area contributed by atoms with E-state index in [9.17, 15) is 4.79 Å². The monoisotopic (exact) mass is 309 g/mol. The van der Waals surface area contributed by atoms with E-state index in [0.29, 0.717) is 10.7 Å². The smallest absolute Gasteiger partial charge is 0.343 e. The van der Waals surface area contributed by atoms with Crippen molar-refractivity contribution in [2.75, 3.05) is 5.75 Å². The van der Waals surface area contributed by atoms with E-state index in [1.54, 1.807) is 18.8 Å². The van der Waals surface area contributed by atoms with Crippen LogP contribution in [0.3, 0.4) is 0 Å². The first-order valence-electron chi connectivity index (χ1n) is 5.94. The molecular formula is C12H15N5OS2. The zero-order valence-corrected chi connectivity index (χ0v) is 12.8. The van der Waals surface area contributed by atoms with Crippen molar-refractivity contribution >= 4 is 29.4 Å². The maximum Gasteiger partial charge on any atom is 0.343 e. The van der Waals surface area contributed by atoms with Crippen LogP contribution in [-0.4, -0.2) is 26.4 Å². The third-order valence-electron chi connectivity index (χ3n) is 2.60. The second kappa shape index (κ2) is 6.19. The van der Waals surface area contributed by atoms with Crippen LogP contribution in [0.25, 0.3) is 0 Å². The average Bonchev–Trinajstić information content (AvgIpc) is 2.71. The summed E-state index contributed by atoms with van der Waals surface area (Å²) in [5, 5.41) is 14.7. The van der Waals surface area contributed by atoms with E-state index in [1.807, 2.05) is 25.1 Å². The summed E-state index contributed by atoms with van der Waals surface area (Å²) >= 11 is 2.95. The van der Waals surface area contributed by atoms with E-state index < -0.39 is 0 Å². The minimum absolute atomic E-state index is 0.0181. The lowest BCUT2D eigenvalue weighted by Gasteiger charge is -2.11. The van der Waals surface area contributed by atoms with Crippen LogP contribution < -0.4 is 11.4 Å². The number of thioether (sulfide) groups is 1. The number of aromatic amines is 1. The Labute approximate surface area is 124 Å². The summed E-state index contributed by atoms with van der Waals surface area (Å²) in [5.41, 5.74) is 6.13. The van der Waals surface area contributed by atoms with Crippen LogP contribution in [0.2, 0.25) is 0 Å². The van der Waals surface area contributed by atoms with Crippen molar-refractivity contribution in [3.63, 3.8) is 0 Å². The molecule has 0 bridgehead atoms. The molecule has 20 heavy (non-hydrogen) atoms. The fourth-order valence-corrected chi connectivity index (χ4v) is 3.55. The third kappa shape index (κ3) is 2.91. The molecule has 1 aromatic carbocycles. The van der Waals surface area contributed by atoms with Crippen molar-refractivity contribution in [1.29, 1.82) is 5.41 Å². The normalized spacial score (nSPS) is 10.7. The third-order valence-corrected chi connectivity index (χ3v) is 4.64. The lowest BCUT2D eigenvalue weighted by Crippen LogP contribution is -2.15. The van der Waals surface area contributed by atoms with Gasteiger partial charge < -0.3 is 5.73 Å². The maximum atomic E-state index is 11.4. The molecule has 4 N–H and O–H groups in total. The van der Waals surface area contributed by atoms with Crippen molar-refractivity contribution in [3.8, 4) is 0 Å². The molecule has 0 aliphatic heterocycles. The Morgan fingerprint density at radius 2 is 2.20 bits per heavy atom. The average molecular weight is 309 g/mol. The van der Waals surface area contributed by atoms with Crippen LogP contribution in [0.4, 0.5) is 0 Å². The van der Waals surface area contributed by atoms with Gasteiger partial charge in [0.15, 0.2) is 5.16 Å². The van der Waals surface area contributed by atoms with Gasteiger partial charge in [0.1, 0.15) is 5.84 Å². The number of benzene rings is 1. The van der Waals surface area contributed by atoms with Gasteiger partial charge in [0.2, 0.25) is 0 Å². The standard InChI is InChI=1S/C12H15N5OS2/c1-3-19-7-5-4-6-8(9(7)10(13)14)20-12-16-15-11(18)17(12)2/h4-6H,3H2,1-2H3,(H3,13,14)(H,15,18). The van der Waals surface area contributed by atoms with Crippen molar-refractivity contribution in [1.82, 2.24) is 14.8 Å². The summed E-state index contributed by atoms with van der Waals surface area (Å²) in [5.74, 6) is 0.916. The second-order valence-corrected chi connectivity index (χ2v) is 6.26. The number of nitrogens with one attached hydrogen (secondary N) is 2. The molecule has 106 valence electrons. The maximum absolute atomic E-state index is 11.4. The number of hydrogen-bond donors (Lipinski definition) is 3. The van der Waals surface area contributed by atoms with E-state index in [-0.39, 0.29) is 11.5 Å². The Morgan fingerprint density at radius 1 is 1.50 bits per heavy atom. The summed E-state index contributed by atoms with van der Waals surface area (Å²) in [4.78, 5) is 13.2. The zero-order chi connectivity index (χ0) is 14.7. The molecule has 0 radical (unpaired) electrons. The summed E-state index contributed by atoms with van der Waals surface area (Å²) in [6.45, 7) is 2.05. The molecule has 0 atom stereocenters. The molecular weight excluding hydrogens is 294 g/mol. The van der Waals surface area contributed by atoms with Gasteiger partial charge in [-0.3, -0.25) is 9.98 Å². The van der Waals surface area contributed by atoms with Crippen LogP contribution in [-0.2, 0) is 7.05 Å². The Hall–Kier alpha value is -1.67. The molecule has 1 heterocycles. The van der Waals surface area contributed by atoms with E-state index in [0.717, 1.165) is 15.5 Å². The minimum Gasteiger partial charge on any atom is -0.384 e. The fraction of sp³-hybridized carbons (Fsp3) is 0.250. The molecule has 6 nitrogen and oxygen atoms in total. The molecule has 2 aromatic rings. The second-order valence-electron chi connectivity index (χ2n) is 3.95. The molecule has 0 aliphatic carbocycles. The Morgan fingerprint density at radius 3 is 2.75 bits per heavy atom. The molecule has 0 unspecified atom stereocenters. The summed E-state index contributed by atoms with van der Waals surface area (Å²) < 4.78 is 1.42. The van der Waals surface area contributed by atoms with Gasteiger partial charge in [-0.25, -0.2) is 9.89 Å². The first-order chi connectivity index (χ1) is 9.54. The SMILES string of the molecule is CCSc1cccc(Sc2n[nH]c(=O)n2C)c1C(=N)N. The van der Waals surface area contributed by atoms with Crippen molar-refractivity contribution in [2.24, 2.45) is 12.8 Å². The van der Waals surface area contributed by atoms with Gasteiger partial charge in [-0.1, -0.05) is 13.0 Å². The lowest BCUT2D eigenvalue weighted by molar-refractivity contribution is 0.766. The first-order valence-corrected chi connectivity index (χ1v) is 7.74. The van der Waals surface area contributed by atoms with Gasteiger partial charge in [0.05, 0.1) is 0 Å². The topological polar surface area (TPSA) is 101 Å². The molecule has 1 aromatic heterocycles. The van der Waals surface area contributed by atoms with Gasteiger partial charge in [-0.15, -0.1) is 16.9 Å². The van der Waals surface area contributed by atoms with E-state index in [1.165, 1.54) is 16.3 Å². The van der Waals surface area contributed by atoms with Crippen molar-refractivity contribution in [2.45, 2.75) is 21.9 Å². The van der Waals surface area contributed by atoms with Crippen LogP contribution in [0, 0.1) is 5.41 Å². The number of nitrogens with two attached hydrogens (primary N) is 1. The van der Waals surface area contributed by atoms with Crippen molar-refractivity contribution < 1.29 is 0 Å². The molecule has 0 saturated carbocycles. The number of nitrogens with zero attached hydrogens (tertiary/aromatic N) is 2. The minimum atomic E-state index is -0.268. The summed E-state index contributed by atoms with van der Waals surface area (Å²) in [7, 11) is 1.65. The quantitative estimate of drug-likeness (QED) is 0.443. The van der Waals surface area contributed by atoms with Gasteiger partial charge in [-0.2, -0.15) is 0 Å². The van der Waals surface area contributed by atoms with Crippen LogP contribution in [0.5, 0.6) is 0 Å². The largest absolute Gasteiger partial charge is 0.384 e. The van der Waals surface area contributed by atoms with E-state index in [4.69, 9.17) is 11.1 Å². The van der Waals surface area contributed by atoms with Gasteiger partial charge in [0, 0.05) is 22.4 Å². The molecule has 0 saturated heterocycles. The van der Waals surface area contributed by atoms with Gasteiger partial charge >= 0.3 is 5.69 Å². The number of H-pyrrole nitrogens is 1. The highest BCUT2D eigenvalue weighted by Gasteiger charge is 2.15. The molecule has 0 spiro atoms. The van der Waals surface area contributed by atoms with Crippen molar-refractivity contribution in [3.05, 3.63) is 34.2 Å². The summed E-state index contributed by atoms with van der Waals surface area (Å²) in [6.07, 6.45) is 0. The van der Waals surface area contributed by atoms with Gasteiger partial charge in [0.25, 0.3) is 0 Å². The van der Waals surface area contributed by atoms with Crippen LogP contribution in [0.15, 0.2) is 37.9 Å². The molecule has 8 heteroatoms. The zero-order valence-electron chi connectivity index (χ0n) is 11.1. The Bertz CT molecular complexity index is 691. The fourth-order valence-electron chi connectivity index (χ4n) is 1.66. The molecule has 0 aliphatic rings. The highest BCUT2D eigenvalue weighted by Crippen LogP contribution is 2.33. The van der Waals surface area contributed by atoms with E-state index >= 15 is 0 Å². The number of amidine groups is 1. The number of aromatic nitrogens is 3. The summed E-state index contributed by atoms with van der Waals surface area (Å²) in [6, 6.07) is 5.73. The molecule has 0 amide bonds. The Kier molecular flexibility index (Phi) is 4.56. The molecule has 0 fully saturated rings. The highest BCUT2D eigenvalue weighted by atomic mass is 32.2. The van der Waals surface area contributed by atoms with Gasteiger partial charge in [-0.05, 0) is 29.6 Å². The van der Waals surface area contributed by atoms with Crippen LogP contribution in [0.1, 0.15) is 12.5 Å². The van der Waals surface area contributed by atoms with E-state index in [2.05, 4.69) is 10.2 Å². The highest BCUT2D eigenvalue weighted by molar-refractivity contribution is 8.00.